The number of amides is 3. The van der Waals surface area contributed by atoms with Gasteiger partial charge in [0.2, 0.25) is 6.41 Å². The highest BCUT2D eigenvalue weighted by Crippen LogP contribution is 2.38. The third-order valence-corrected chi connectivity index (χ3v) is 9.83. The summed E-state index contributed by atoms with van der Waals surface area (Å²) >= 11 is 1.05. The summed E-state index contributed by atoms with van der Waals surface area (Å²) in [5.74, 6) is -2.47. The maximum atomic E-state index is 14.2. The Morgan fingerprint density at radius 3 is 2.41 bits per heavy atom. The van der Waals surface area contributed by atoms with Crippen LogP contribution in [0.4, 0.5) is 5.13 Å². The summed E-state index contributed by atoms with van der Waals surface area (Å²) in [6.07, 6.45) is 4.28. The number of hydrogen-bond acceptors (Lipinski definition) is 12. The molecule has 0 aliphatic carbocycles. The van der Waals surface area contributed by atoms with Crippen LogP contribution in [0, 0.1) is 0 Å². The van der Waals surface area contributed by atoms with Gasteiger partial charge in [0.15, 0.2) is 16.9 Å². The molecular weight excluding hydrogens is 671 g/mol. The number of benzene rings is 2. The smallest absolute Gasteiger partial charge is 0.356 e. The number of rotatable bonds is 12. The Labute approximate surface area is 286 Å². The predicted molar refractivity (Wildman–Crippen MR) is 180 cm³/mol. The molecule has 0 radical (unpaired) electrons. The number of carbonyl (C=O) groups excluding carboxylic acids is 4. The van der Waals surface area contributed by atoms with Crippen LogP contribution < -0.4 is 10.6 Å². The Morgan fingerprint density at radius 2 is 1.78 bits per heavy atom. The third-order valence-electron chi connectivity index (χ3n) is 7.44. The molecule has 0 spiro atoms. The molecule has 0 saturated carbocycles. The molecule has 2 aliphatic heterocycles. The monoisotopic (exact) mass is 697 g/mol. The van der Waals surface area contributed by atoms with E-state index in [9.17, 15) is 23.4 Å². The second-order valence-corrected chi connectivity index (χ2v) is 12.9. The Kier molecular flexibility index (Phi) is 10.1. The van der Waals surface area contributed by atoms with Crippen molar-refractivity contribution < 1.29 is 33.0 Å². The highest BCUT2D eigenvalue weighted by Gasteiger charge is 2.57. The lowest BCUT2D eigenvalue weighted by molar-refractivity contribution is -0.154. The molecule has 2 N–H and O–H groups in total. The van der Waals surface area contributed by atoms with Crippen molar-refractivity contribution in [1.29, 1.82) is 0 Å². The highest BCUT2D eigenvalue weighted by molar-refractivity contribution is 7.86. The van der Waals surface area contributed by atoms with Gasteiger partial charge in [-0.1, -0.05) is 71.9 Å². The fourth-order valence-corrected chi connectivity index (χ4v) is 7.56. The summed E-state index contributed by atoms with van der Waals surface area (Å²) in [6.45, 7) is 0. The quantitative estimate of drug-likeness (QED) is 0.0734. The number of aromatic nitrogens is 3. The zero-order valence-corrected chi connectivity index (χ0v) is 27.3. The second kappa shape index (κ2) is 14.9. The maximum Gasteiger partial charge on any atom is 0.356 e. The third kappa shape index (κ3) is 7.05. The van der Waals surface area contributed by atoms with E-state index < -0.39 is 46.1 Å². The molecule has 2 aromatic heterocycles. The largest absolute Gasteiger partial charge is 0.448 e. The van der Waals surface area contributed by atoms with Crippen molar-refractivity contribution in [2.45, 2.75) is 17.5 Å². The van der Waals surface area contributed by atoms with E-state index in [2.05, 4.69) is 31.0 Å². The number of nitrogens with one attached hydrogen (secondary N) is 2. The van der Waals surface area contributed by atoms with Crippen LogP contribution in [0.1, 0.15) is 28.6 Å². The van der Waals surface area contributed by atoms with Crippen LogP contribution >= 0.6 is 11.3 Å². The molecule has 6 rings (SSSR count). The van der Waals surface area contributed by atoms with Crippen molar-refractivity contribution in [2.24, 2.45) is 5.16 Å². The lowest BCUT2D eigenvalue weighted by atomic mass is 10.00. The van der Waals surface area contributed by atoms with E-state index in [0.29, 0.717) is 23.2 Å². The lowest BCUT2D eigenvalue weighted by Gasteiger charge is -2.49. The minimum absolute atomic E-state index is 0.0792. The van der Waals surface area contributed by atoms with Gasteiger partial charge in [0.25, 0.3) is 11.8 Å². The summed E-state index contributed by atoms with van der Waals surface area (Å²) in [4.78, 5) is 62.3. The van der Waals surface area contributed by atoms with Crippen molar-refractivity contribution in [1.82, 2.24) is 25.4 Å². The molecule has 2 aliphatic rings. The number of oxime groups is 1. The summed E-state index contributed by atoms with van der Waals surface area (Å²) in [6, 6.07) is 20.4. The first-order chi connectivity index (χ1) is 23.9. The van der Waals surface area contributed by atoms with Crippen LogP contribution in [0.25, 0.3) is 6.08 Å². The molecule has 248 valence electrons. The van der Waals surface area contributed by atoms with E-state index in [4.69, 9.17) is 9.57 Å². The van der Waals surface area contributed by atoms with Gasteiger partial charge in [-0.2, -0.15) is 10.2 Å². The van der Waals surface area contributed by atoms with Crippen LogP contribution in [0.5, 0.6) is 0 Å². The second-order valence-electron chi connectivity index (χ2n) is 10.5. The summed E-state index contributed by atoms with van der Waals surface area (Å²) in [5.41, 5.74) is 1.86. The number of allylic oxidation sites excluding steroid dienone is 1. The topological polar surface area (TPSA) is 182 Å². The number of thiazole rings is 1. The number of nitrogens with zero attached hydrogens (tertiary/aromatic N) is 5. The van der Waals surface area contributed by atoms with Gasteiger partial charge in [-0.05, 0) is 34.9 Å². The molecular formula is C33H27N7O7S2. The summed E-state index contributed by atoms with van der Waals surface area (Å²) in [5, 5.41) is 17.2. The van der Waals surface area contributed by atoms with Gasteiger partial charge in [0.05, 0.1) is 22.2 Å². The number of ether oxygens (including phenoxy) is 1. The zero-order chi connectivity index (χ0) is 34.3. The molecule has 1 saturated heterocycles. The first-order valence-electron chi connectivity index (χ1n) is 14.7. The van der Waals surface area contributed by atoms with Gasteiger partial charge < -0.3 is 20.2 Å². The Balaban J connectivity index is 1.32. The number of carbonyl (C=O) groups is 4. The predicted octanol–water partition coefficient (Wildman–Crippen LogP) is 2.57. The van der Waals surface area contributed by atoms with Crippen LogP contribution in [0.2, 0.25) is 0 Å². The minimum Gasteiger partial charge on any atom is -0.448 e. The van der Waals surface area contributed by atoms with Crippen molar-refractivity contribution in [3.8, 4) is 0 Å². The van der Waals surface area contributed by atoms with E-state index in [1.165, 1.54) is 18.7 Å². The van der Waals surface area contributed by atoms with Crippen molar-refractivity contribution in [3.05, 3.63) is 124 Å². The fourth-order valence-electron chi connectivity index (χ4n) is 5.26. The standard InChI is InChI=1S/C33H27N7O7S2/c1-46-39-25(24-17-48-33(36-24)34-19-41)29(42)37-26-30(43)40-27(22(18-49(45)31(26)40)14-15-23-13-8-16-35-38-23)32(44)47-28(20-9-4-2-5-10-20)21-11-6-3-7-12-21/h2-17,19,26,28,31H,18H2,1H3,(H,37,42)(H,34,36,41)/t26?,31-,49?/m0/s1. The molecule has 2 aromatic carbocycles. The first-order valence-corrected chi connectivity index (χ1v) is 16.9. The average molecular weight is 698 g/mol. The number of esters is 1. The van der Waals surface area contributed by atoms with Crippen LogP contribution in [0.15, 0.2) is 107 Å². The van der Waals surface area contributed by atoms with Gasteiger partial charge >= 0.3 is 5.97 Å². The van der Waals surface area contributed by atoms with Crippen LogP contribution in [-0.2, 0) is 39.6 Å². The maximum absolute atomic E-state index is 14.2. The molecule has 4 heterocycles. The lowest BCUT2D eigenvalue weighted by Crippen LogP contribution is -2.74. The summed E-state index contributed by atoms with van der Waals surface area (Å²) in [7, 11) is -0.532. The average Bonchev–Trinajstić information content (AvgIpc) is 3.59. The molecule has 2 unspecified atom stereocenters. The van der Waals surface area contributed by atoms with Gasteiger partial charge in [-0.15, -0.1) is 11.3 Å². The highest BCUT2D eigenvalue weighted by atomic mass is 32.2. The Bertz CT molecular complexity index is 1950. The number of hydrogen-bond donors (Lipinski definition) is 2. The summed E-state index contributed by atoms with van der Waals surface area (Å²) < 4.78 is 19.8. The van der Waals surface area contributed by atoms with E-state index in [1.54, 1.807) is 24.3 Å². The zero-order valence-electron chi connectivity index (χ0n) is 25.7. The van der Waals surface area contributed by atoms with Gasteiger partial charge in [-0.3, -0.25) is 23.5 Å². The van der Waals surface area contributed by atoms with E-state index in [0.717, 1.165) is 16.2 Å². The first kappa shape index (κ1) is 33.0. The number of β-lactam (4-membered cyclic amide) rings is 1. The van der Waals surface area contributed by atoms with Crippen LogP contribution in [-0.4, -0.2) is 78.5 Å². The van der Waals surface area contributed by atoms with Crippen LogP contribution in [0.3, 0.4) is 0 Å². The molecule has 0 bridgehead atoms. The molecule has 4 aromatic rings. The Hall–Kier alpha value is -5.87. The van der Waals surface area contributed by atoms with Crippen molar-refractivity contribution in [3.63, 3.8) is 0 Å². The van der Waals surface area contributed by atoms with Crippen molar-refractivity contribution >= 4 is 63.2 Å². The minimum atomic E-state index is -1.76. The van der Waals surface area contributed by atoms with E-state index in [-0.39, 0.29) is 33.6 Å². The molecule has 16 heteroatoms. The molecule has 3 atom stereocenters. The van der Waals surface area contributed by atoms with Crippen molar-refractivity contribution in [2.75, 3.05) is 18.2 Å². The van der Waals surface area contributed by atoms with E-state index >= 15 is 0 Å². The number of anilines is 1. The molecule has 49 heavy (non-hydrogen) atoms. The molecule has 14 nitrogen and oxygen atoms in total. The van der Waals surface area contributed by atoms with Gasteiger partial charge in [0.1, 0.15) is 29.9 Å². The van der Waals surface area contributed by atoms with E-state index in [1.807, 2.05) is 60.7 Å². The molecule has 3 amide bonds. The SMILES string of the molecule is CON=C(C(=O)NC1C(=O)N2C(C(=O)OC(c3ccccc3)c3ccccc3)=C(C=Cc3cccnn3)CS(=O)[C@@H]12)c1csc(NC=O)n1. The normalized spacial score (nSPS) is 18.9. The fraction of sp³-hybridized carbons (Fsp3) is 0.152. The Morgan fingerprint density at radius 1 is 1.06 bits per heavy atom. The molecule has 1 fully saturated rings. The van der Waals surface area contributed by atoms with Gasteiger partial charge in [-0.25, -0.2) is 9.78 Å². The van der Waals surface area contributed by atoms with Gasteiger partial charge in [0, 0.05) is 11.6 Å². The number of fused-ring (bicyclic) bond motifs is 1.